The summed E-state index contributed by atoms with van der Waals surface area (Å²) in [6, 6.07) is 11.9. The van der Waals surface area contributed by atoms with Gasteiger partial charge in [0.15, 0.2) is 0 Å². The van der Waals surface area contributed by atoms with Crippen molar-refractivity contribution >= 4 is 5.91 Å². The predicted molar refractivity (Wildman–Crippen MR) is 115 cm³/mol. The smallest absolute Gasteiger partial charge is 0.253 e. The predicted octanol–water partition coefficient (Wildman–Crippen LogP) is 4.19. The summed E-state index contributed by atoms with van der Waals surface area (Å²) in [5, 5.41) is 4.80. The van der Waals surface area contributed by atoms with Crippen molar-refractivity contribution in [1.29, 1.82) is 0 Å². The highest BCUT2D eigenvalue weighted by Crippen LogP contribution is 2.27. The molecule has 0 saturated heterocycles. The minimum absolute atomic E-state index is 0.199. The molecule has 5 nitrogen and oxygen atoms in total. The number of amides is 1. The van der Waals surface area contributed by atoms with Gasteiger partial charge in [-0.25, -0.2) is 13.5 Å². The average molecular weight is 424 g/mol. The number of benzene rings is 2. The summed E-state index contributed by atoms with van der Waals surface area (Å²) in [5.41, 5.74) is 4.07. The summed E-state index contributed by atoms with van der Waals surface area (Å²) < 4.78 is 28.9. The average Bonchev–Trinajstić information content (AvgIpc) is 3.12. The molecule has 1 amide bonds. The van der Waals surface area contributed by atoms with Crippen molar-refractivity contribution in [2.45, 2.75) is 32.9 Å². The Morgan fingerprint density at radius 2 is 1.90 bits per heavy atom. The molecule has 7 heteroatoms. The van der Waals surface area contributed by atoms with Gasteiger partial charge in [0, 0.05) is 37.7 Å². The molecule has 1 aliphatic heterocycles. The number of halogens is 2. The van der Waals surface area contributed by atoms with E-state index in [1.165, 1.54) is 36.4 Å². The van der Waals surface area contributed by atoms with E-state index in [1.807, 2.05) is 10.7 Å². The molecule has 0 bridgehead atoms. The topological polar surface area (TPSA) is 41.4 Å². The lowest BCUT2D eigenvalue weighted by molar-refractivity contribution is 0.0782. The van der Waals surface area contributed by atoms with Gasteiger partial charge >= 0.3 is 0 Å². The first kappa shape index (κ1) is 21.2. The molecule has 2 aromatic carbocycles. The van der Waals surface area contributed by atoms with Gasteiger partial charge in [-0.3, -0.25) is 9.69 Å². The molecule has 1 aliphatic rings. The number of hydrogen-bond donors (Lipinski definition) is 0. The monoisotopic (exact) mass is 424 g/mol. The van der Waals surface area contributed by atoms with E-state index in [0.29, 0.717) is 17.8 Å². The van der Waals surface area contributed by atoms with Crippen molar-refractivity contribution in [3.05, 3.63) is 82.7 Å². The third kappa shape index (κ3) is 4.51. The minimum Gasteiger partial charge on any atom is -0.336 e. The van der Waals surface area contributed by atoms with Crippen LogP contribution in [0, 0.1) is 11.6 Å². The summed E-state index contributed by atoms with van der Waals surface area (Å²) in [5.74, 6) is -0.885. The van der Waals surface area contributed by atoms with Crippen molar-refractivity contribution in [3.8, 4) is 5.69 Å². The molecule has 2 heterocycles. The second kappa shape index (κ2) is 8.98. The molecule has 0 aliphatic carbocycles. The lowest BCUT2D eigenvalue weighted by Gasteiger charge is -2.27. The van der Waals surface area contributed by atoms with Gasteiger partial charge < -0.3 is 4.90 Å². The molecule has 162 valence electrons. The van der Waals surface area contributed by atoms with Crippen LogP contribution >= 0.6 is 0 Å². The van der Waals surface area contributed by atoms with Crippen LogP contribution in [0.25, 0.3) is 5.69 Å². The van der Waals surface area contributed by atoms with Gasteiger partial charge in [-0.15, -0.1) is 0 Å². The normalized spacial score (nSPS) is 13.8. The molecule has 0 spiro atoms. The van der Waals surface area contributed by atoms with Gasteiger partial charge in [0.25, 0.3) is 5.91 Å². The molecule has 0 radical (unpaired) electrons. The zero-order valence-corrected chi connectivity index (χ0v) is 17.8. The van der Waals surface area contributed by atoms with Gasteiger partial charge in [-0.05, 0) is 55.4 Å². The summed E-state index contributed by atoms with van der Waals surface area (Å²) in [4.78, 5) is 16.8. The molecule has 0 fully saturated rings. The fourth-order valence-corrected chi connectivity index (χ4v) is 4.11. The lowest BCUT2D eigenvalue weighted by atomic mass is 10.0. The Kier molecular flexibility index (Phi) is 6.13. The number of carbonyl (C=O) groups is 1. The van der Waals surface area contributed by atoms with Gasteiger partial charge in [0.05, 0.1) is 23.6 Å². The molecule has 0 N–H and O–H groups in total. The van der Waals surface area contributed by atoms with Crippen LogP contribution in [0.5, 0.6) is 0 Å². The molecule has 3 aromatic rings. The van der Waals surface area contributed by atoms with Gasteiger partial charge in [-0.1, -0.05) is 13.0 Å². The second-order valence-electron chi connectivity index (χ2n) is 7.96. The highest BCUT2D eigenvalue weighted by atomic mass is 19.1. The second-order valence-corrected chi connectivity index (χ2v) is 7.96. The summed E-state index contributed by atoms with van der Waals surface area (Å²) in [6.07, 6.45) is 1.88. The number of fused-ring (bicyclic) bond motifs is 1. The van der Waals surface area contributed by atoms with Crippen LogP contribution in [0.3, 0.4) is 0 Å². The number of rotatable bonds is 6. The summed E-state index contributed by atoms with van der Waals surface area (Å²) in [7, 11) is 1.71. The van der Waals surface area contributed by atoms with E-state index in [1.54, 1.807) is 18.0 Å². The van der Waals surface area contributed by atoms with E-state index in [2.05, 4.69) is 11.8 Å². The maximum Gasteiger partial charge on any atom is 0.253 e. The summed E-state index contributed by atoms with van der Waals surface area (Å²) >= 11 is 0. The highest BCUT2D eigenvalue weighted by Gasteiger charge is 2.26. The zero-order valence-electron chi connectivity index (χ0n) is 17.8. The van der Waals surface area contributed by atoms with Crippen molar-refractivity contribution in [3.63, 3.8) is 0 Å². The Balaban J connectivity index is 1.66. The molecule has 4 rings (SSSR count). The molecule has 31 heavy (non-hydrogen) atoms. The minimum atomic E-state index is -0.377. The Hall–Kier alpha value is -3.06. The third-order valence-electron chi connectivity index (χ3n) is 5.64. The van der Waals surface area contributed by atoms with E-state index < -0.39 is 0 Å². The standard InChI is InChI=1S/C24H26F2N4O/c1-3-12-29-13-11-23-21(15-29)22(27-30(23)20-6-4-5-19(26)14-20)16-28(2)24(31)17-7-9-18(25)10-8-17/h4-10,14H,3,11-13,15-16H2,1-2H3. The van der Waals surface area contributed by atoms with Gasteiger partial charge in [0.2, 0.25) is 0 Å². The highest BCUT2D eigenvalue weighted by molar-refractivity contribution is 5.93. The molecule has 0 saturated carbocycles. The van der Waals surface area contributed by atoms with E-state index in [0.717, 1.165) is 49.4 Å². The largest absolute Gasteiger partial charge is 0.336 e. The fourth-order valence-electron chi connectivity index (χ4n) is 4.11. The van der Waals surface area contributed by atoms with Crippen LogP contribution in [0.15, 0.2) is 48.5 Å². The Bertz CT molecular complexity index is 1080. The Morgan fingerprint density at radius 1 is 1.13 bits per heavy atom. The number of carbonyl (C=O) groups excluding carboxylic acids is 1. The maximum absolute atomic E-state index is 13.9. The fraction of sp³-hybridized carbons (Fsp3) is 0.333. The summed E-state index contributed by atoms with van der Waals surface area (Å²) in [6.45, 7) is 5.15. The van der Waals surface area contributed by atoms with Crippen LogP contribution in [-0.4, -0.2) is 45.6 Å². The lowest BCUT2D eigenvalue weighted by Crippen LogP contribution is -2.32. The van der Waals surface area contributed by atoms with Crippen molar-refractivity contribution < 1.29 is 13.6 Å². The first-order chi connectivity index (χ1) is 15.0. The Labute approximate surface area is 180 Å². The van der Waals surface area contributed by atoms with E-state index in [4.69, 9.17) is 5.10 Å². The van der Waals surface area contributed by atoms with E-state index >= 15 is 0 Å². The first-order valence-corrected chi connectivity index (χ1v) is 10.5. The number of aromatic nitrogens is 2. The van der Waals surface area contributed by atoms with E-state index in [-0.39, 0.29) is 17.5 Å². The van der Waals surface area contributed by atoms with Crippen LogP contribution in [0.4, 0.5) is 8.78 Å². The van der Waals surface area contributed by atoms with Crippen LogP contribution in [0.2, 0.25) is 0 Å². The molecular formula is C24H26F2N4O. The SMILES string of the molecule is CCCN1CCc2c(c(CN(C)C(=O)c3ccc(F)cc3)nn2-c2cccc(F)c2)C1. The number of nitrogens with zero attached hydrogens (tertiary/aromatic N) is 4. The van der Waals surface area contributed by atoms with Crippen molar-refractivity contribution in [1.82, 2.24) is 19.6 Å². The number of hydrogen-bond acceptors (Lipinski definition) is 3. The molecular weight excluding hydrogens is 398 g/mol. The van der Waals surface area contributed by atoms with Crippen molar-refractivity contribution in [2.24, 2.45) is 0 Å². The first-order valence-electron chi connectivity index (χ1n) is 10.5. The van der Waals surface area contributed by atoms with Crippen LogP contribution < -0.4 is 0 Å². The van der Waals surface area contributed by atoms with Crippen molar-refractivity contribution in [2.75, 3.05) is 20.1 Å². The van der Waals surface area contributed by atoms with Crippen LogP contribution in [-0.2, 0) is 19.5 Å². The molecule has 0 unspecified atom stereocenters. The Morgan fingerprint density at radius 3 is 2.61 bits per heavy atom. The third-order valence-corrected chi connectivity index (χ3v) is 5.64. The molecule has 0 atom stereocenters. The van der Waals surface area contributed by atoms with E-state index in [9.17, 15) is 13.6 Å². The zero-order chi connectivity index (χ0) is 22.0. The van der Waals surface area contributed by atoms with Crippen LogP contribution in [0.1, 0.15) is 40.7 Å². The van der Waals surface area contributed by atoms with Gasteiger partial charge in [-0.2, -0.15) is 5.10 Å². The molecule has 1 aromatic heterocycles. The quantitative estimate of drug-likeness (QED) is 0.596. The van der Waals surface area contributed by atoms with Gasteiger partial charge in [0.1, 0.15) is 11.6 Å². The maximum atomic E-state index is 13.9.